The second-order valence-corrected chi connectivity index (χ2v) is 13.2. The van der Waals surface area contributed by atoms with Crippen LogP contribution in [-0.2, 0) is 39.0 Å². The average molecular weight is 676 g/mol. The van der Waals surface area contributed by atoms with Crippen LogP contribution in [0.1, 0.15) is 52.9 Å². The van der Waals surface area contributed by atoms with Gasteiger partial charge in [0.15, 0.2) is 0 Å². The predicted octanol–water partition coefficient (Wildman–Crippen LogP) is 7.16. The zero-order valence-corrected chi connectivity index (χ0v) is 28.0. The van der Waals surface area contributed by atoms with Crippen LogP contribution in [0.3, 0.4) is 0 Å². The minimum atomic E-state index is 0.227. The van der Waals surface area contributed by atoms with Crippen molar-refractivity contribution in [3.63, 3.8) is 0 Å². The third-order valence-electron chi connectivity index (χ3n) is 8.86. The third-order valence-corrected chi connectivity index (χ3v) is 9.51. The van der Waals surface area contributed by atoms with E-state index in [2.05, 4.69) is 89.2 Å². The van der Waals surface area contributed by atoms with Gasteiger partial charge in [0.2, 0.25) is 10.6 Å². The Labute approximate surface area is 286 Å². The fraction of sp³-hybridized carbons (Fsp3) is 0.400. The Bertz CT molecular complexity index is 1660. The number of nitriles is 1. The highest BCUT2D eigenvalue weighted by Crippen LogP contribution is 2.32. The minimum absolute atomic E-state index is 0.227. The Hall–Kier alpha value is -3.32. The first kappa shape index (κ1) is 32.6. The quantitative estimate of drug-likeness (QED) is 0.157. The monoisotopic (exact) mass is 674 g/mol. The van der Waals surface area contributed by atoms with E-state index in [-0.39, 0.29) is 5.28 Å². The van der Waals surface area contributed by atoms with E-state index in [4.69, 9.17) is 40.1 Å². The lowest BCUT2D eigenvalue weighted by Gasteiger charge is -2.36. The maximum absolute atomic E-state index is 9.04. The molecule has 1 unspecified atom stereocenters. The van der Waals surface area contributed by atoms with Crippen LogP contribution >= 0.6 is 34.8 Å². The molecule has 3 aliphatic rings. The number of aromatic nitrogens is 4. The summed E-state index contributed by atoms with van der Waals surface area (Å²) in [6, 6.07) is 23.3. The molecule has 5 heterocycles. The van der Waals surface area contributed by atoms with Crippen molar-refractivity contribution < 1.29 is 0 Å². The number of nitrogens with zero attached hydrogens (tertiary/aromatic N) is 8. The highest BCUT2D eigenvalue weighted by Gasteiger charge is 2.28. The van der Waals surface area contributed by atoms with Gasteiger partial charge in [-0.3, -0.25) is 9.80 Å². The van der Waals surface area contributed by atoms with E-state index in [9.17, 15) is 0 Å². The number of fused-ring (bicyclic) bond motifs is 2. The molecule has 1 saturated heterocycles. The molecular formula is C35H37Cl3N8. The molecular weight excluding hydrogens is 639 g/mol. The first-order valence-corrected chi connectivity index (χ1v) is 17.0. The molecule has 0 radical (unpaired) electrons. The maximum Gasteiger partial charge on any atom is 0.224 e. The summed E-state index contributed by atoms with van der Waals surface area (Å²) in [5.41, 5.74) is 6.90. The minimum Gasteiger partial charge on any atom is -0.356 e. The molecule has 0 saturated carbocycles. The molecule has 46 heavy (non-hydrogen) atoms. The summed E-state index contributed by atoms with van der Waals surface area (Å²) in [5, 5.41) is 10.1. The van der Waals surface area contributed by atoms with Crippen molar-refractivity contribution in [2.24, 2.45) is 5.92 Å². The fourth-order valence-electron chi connectivity index (χ4n) is 6.61. The van der Waals surface area contributed by atoms with Crippen molar-refractivity contribution in [3.05, 3.63) is 110 Å². The van der Waals surface area contributed by atoms with Crippen LogP contribution in [0.5, 0.6) is 0 Å². The van der Waals surface area contributed by atoms with Gasteiger partial charge in [0.05, 0.1) is 17.5 Å². The number of benzene rings is 2. The van der Waals surface area contributed by atoms with Gasteiger partial charge in [-0.25, -0.2) is 19.9 Å². The summed E-state index contributed by atoms with van der Waals surface area (Å²) in [4.78, 5) is 24.5. The summed E-state index contributed by atoms with van der Waals surface area (Å²) in [7, 11) is 0. The standard InChI is InChI=1S/C21H24ClN5.C14H13Cl2N3/c22-21-24-19-15-26(13-16-5-2-1-3-6-16)12-9-18(19)20(25-21)27-11-4-7-17(14-27)8-10-23;15-13-11-6-7-19(8-10-4-2-1-3-5-10)9-12(11)17-14(16)18-13/h1-3,5-6,17H,4,7-9,11-15H2;1-5H,6-9H2. The summed E-state index contributed by atoms with van der Waals surface area (Å²) in [6.07, 6.45) is 4.65. The molecule has 2 aromatic carbocycles. The molecule has 3 aliphatic heterocycles. The van der Waals surface area contributed by atoms with Gasteiger partial charge in [-0.05, 0) is 65.9 Å². The summed E-state index contributed by atoms with van der Waals surface area (Å²) in [6.45, 7) is 7.24. The molecule has 11 heteroatoms. The normalized spacial score (nSPS) is 18.1. The molecule has 2 aromatic heterocycles. The van der Waals surface area contributed by atoms with Crippen molar-refractivity contribution in [3.8, 4) is 6.07 Å². The SMILES string of the molecule is Clc1nc(Cl)c2c(n1)CN(Cc1ccccc1)CC2.N#CCC1CCCN(c2nc(Cl)nc3c2CCN(Cc2ccccc2)C3)C1. The maximum atomic E-state index is 9.04. The van der Waals surface area contributed by atoms with Crippen molar-refractivity contribution in [1.82, 2.24) is 29.7 Å². The molecule has 1 atom stereocenters. The smallest absolute Gasteiger partial charge is 0.224 e. The summed E-state index contributed by atoms with van der Waals surface area (Å²) in [5.74, 6) is 1.42. The zero-order chi connectivity index (χ0) is 31.9. The first-order valence-electron chi connectivity index (χ1n) is 15.9. The molecule has 238 valence electrons. The Morgan fingerprint density at radius 3 is 1.89 bits per heavy atom. The summed E-state index contributed by atoms with van der Waals surface area (Å²) >= 11 is 18.3. The van der Waals surface area contributed by atoms with E-state index < -0.39 is 0 Å². The van der Waals surface area contributed by atoms with Gasteiger partial charge >= 0.3 is 0 Å². The van der Waals surface area contributed by atoms with Gasteiger partial charge in [0.1, 0.15) is 11.0 Å². The van der Waals surface area contributed by atoms with E-state index in [1.165, 1.54) is 16.7 Å². The van der Waals surface area contributed by atoms with Crippen LogP contribution in [0.4, 0.5) is 5.82 Å². The van der Waals surface area contributed by atoms with E-state index in [1.54, 1.807) is 0 Å². The van der Waals surface area contributed by atoms with Crippen molar-refractivity contribution in [2.45, 2.75) is 58.3 Å². The van der Waals surface area contributed by atoms with Gasteiger partial charge in [-0.1, -0.05) is 72.3 Å². The lowest BCUT2D eigenvalue weighted by atomic mass is 9.94. The van der Waals surface area contributed by atoms with Crippen LogP contribution in [0, 0.1) is 17.2 Å². The van der Waals surface area contributed by atoms with Gasteiger partial charge in [-0.2, -0.15) is 5.26 Å². The number of hydrogen-bond acceptors (Lipinski definition) is 8. The van der Waals surface area contributed by atoms with E-state index in [0.29, 0.717) is 22.8 Å². The van der Waals surface area contributed by atoms with Gasteiger partial charge in [0, 0.05) is 69.9 Å². The second kappa shape index (κ2) is 15.5. The van der Waals surface area contributed by atoms with Crippen LogP contribution in [-0.4, -0.2) is 55.9 Å². The number of anilines is 1. The van der Waals surface area contributed by atoms with Crippen LogP contribution < -0.4 is 4.90 Å². The molecule has 0 spiro atoms. The molecule has 1 fully saturated rings. The van der Waals surface area contributed by atoms with Crippen molar-refractivity contribution in [2.75, 3.05) is 31.1 Å². The molecule has 0 aliphatic carbocycles. The first-order chi connectivity index (χ1) is 22.4. The lowest BCUT2D eigenvalue weighted by Crippen LogP contribution is -2.38. The Kier molecular flexibility index (Phi) is 11.0. The van der Waals surface area contributed by atoms with Crippen LogP contribution in [0.15, 0.2) is 60.7 Å². The molecule has 4 aromatic rings. The fourth-order valence-corrected chi connectivity index (χ4v) is 7.31. The zero-order valence-electron chi connectivity index (χ0n) is 25.8. The number of rotatable bonds is 6. The van der Waals surface area contributed by atoms with E-state index in [0.717, 1.165) is 101 Å². The van der Waals surface area contributed by atoms with Gasteiger partial charge in [-0.15, -0.1) is 0 Å². The van der Waals surface area contributed by atoms with Gasteiger partial charge < -0.3 is 4.90 Å². The van der Waals surface area contributed by atoms with Crippen LogP contribution in [0.25, 0.3) is 0 Å². The Morgan fingerprint density at radius 2 is 1.28 bits per heavy atom. The molecule has 0 bridgehead atoms. The highest BCUT2D eigenvalue weighted by atomic mass is 35.5. The second-order valence-electron chi connectivity index (χ2n) is 12.2. The largest absolute Gasteiger partial charge is 0.356 e. The molecule has 7 rings (SSSR count). The van der Waals surface area contributed by atoms with Crippen molar-refractivity contribution in [1.29, 1.82) is 5.26 Å². The number of hydrogen-bond donors (Lipinski definition) is 0. The lowest BCUT2D eigenvalue weighted by molar-refractivity contribution is 0.241. The molecule has 0 amide bonds. The molecule has 0 N–H and O–H groups in total. The van der Waals surface area contributed by atoms with E-state index >= 15 is 0 Å². The summed E-state index contributed by atoms with van der Waals surface area (Å²) < 4.78 is 0. The number of halogens is 3. The van der Waals surface area contributed by atoms with E-state index in [1.807, 2.05) is 12.1 Å². The Morgan fingerprint density at radius 1 is 0.717 bits per heavy atom. The van der Waals surface area contributed by atoms with Crippen LogP contribution in [0.2, 0.25) is 15.7 Å². The Balaban J connectivity index is 0.000000172. The molecule has 8 nitrogen and oxygen atoms in total. The highest BCUT2D eigenvalue weighted by molar-refractivity contribution is 6.32. The van der Waals surface area contributed by atoms with Gasteiger partial charge in [0.25, 0.3) is 0 Å². The third kappa shape index (κ3) is 8.33. The predicted molar refractivity (Wildman–Crippen MR) is 183 cm³/mol. The van der Waals surface area contributed by atoms with Crippen molar-refractivity contribution >= 4 is 40.6 Å². The topological polar surface area (TPSA) is 85.1 Å². The average Bonchev–Trinajstić information content (AvgIpc) is 3.05. The number of piperidine rings is 1.